The van der Waals surface area contributed by atoms with E-state index in [1.165, 1.54) is 43.8 Å². The van der Waals surface area contributed by atoms with Crippen molar-refractivity contribution in [2.45, 2.75) is 6.04 Å². The molecule has 1 saturated heterocycles. The van der Waals surface area contributed by atoms with Crippen molar-refractivity contribution in [2.24, 2.45) is 0 Å². The van der Waals surface area contributed by atoms with E-state index in [9.17, 15) is 19.8 Å². The zero-order chi connectivity index (χ0) is 23.9. The topological polar surface area (TPSA) is 96.3 Å². The van der Waals surface area contributed by atoms with Gasteiger partial charge < -0.3 is 19.7 Å². The number of carbonyl (C=O) groups excluding carboxylic acids is 2. The van der Waals surface area contributed by atoms with Crippen molar-refractivity contribution < 1.29 is 29.3 Å². The number of amides is 1. The van der Waals surface area contributed by atoms with Gasteiger partial charge in [-0.05, 0) is 29.6 Å². The summed E-state index contributed by atoms with van der Waals surface area (Å²) in [5, 5.41) is 23.6. The number of benzene rings is 2. The lowest BCUT2D eigenvalue weighted by atomic mass is 9.99. The molecule has 0 radical (unpaired) electrons. The van der Waals surface area contributed by atoms with Gasteiger partial charge in [0.1, 0.15) is 22.6 Å². The van der Waals surface area contributed by atoms with Crippen LogP contribution >= 0.6 is 34.5 Å². The molecule has 1 fully saturated rings. The van der Waals surface area contributed by atoms with Crippen LogP contribution in [0.5, 0.6) is 17.2 Å². The number of nitrogens with zero attached hydrogens (tertiary/aromatic N) is 1. The molecule has 170 valence electrons. The van der Waals surface area contributed by atoms with Gasteiger partial charge in [-0.3, -0.25) is 14.5 Å². The molecule has 1 aliphatic rings. The molecule has 1 aromatic heterocycles. The fourth-order valence-corrected chi connectivity index (χ4v) is 5.27. The van der Waals surface area contributed by atoms with Crippen LogP contribution in [0, 0.1) is 0 Å². The van der Waals surface area contributed by atoms with Gasteiger partial charge in [-0.2, -0.15) is 0 Å². The molecule has 2 heterocycles. The summed E-state index contributed by atoms with van der Waals surface area (Å²) in [6, 6.07) is 9.99. The number of phenolic OH excluding ortho intramolecular Hbond substituents is 1. The SMILES string of the molecule is COc1c(Cl)cc(/C(O)=C2/C(=O)C(=O)N(c3ccccc3O)C2c2cccs2)c(OC)c1Cl. The van der Waals surface area contributed by atoms with Crippen molar-refractivity contribution >= 4 is 57.7 Å². The monoisotopic (exact) mass is 505 g/mol. The van der Waals surface area contributed by atoms with Crippen LogP contribution in [0.4, 0.5) is 5.69 Å². The first-order valence-corrected chi connectivity index (χ1v) is 11.2. The summed E-state index contributed by atoms with van der Waals surface area (Å²) in [6.45, 7) is 0. The van der Waals surface area contributed by atoms with E-state index in [2.05, 4.69) is 0 Å². The van der Waals surface area contributed by atoms with Gasteiger partial charge >= 0.3 is 0 Å². The Balaban J connectivity index is 2.01. The number of aromatic hydroxyl groups is 1. The number of phenols is 1. The van der Waals surface area contributed by atoms with E-state index in [1.54, 1.807) is 29.6 Å². The Hall–Kier alpha value is -3.20. The molecule has 7 nitrogen and oxygen atoms in total. The number of ether oxygens (including phenoxy) is 2. The molecule has 33 heavy (non-hydrogen) atoms. The third-order valence-corrected chi connectivity index (χ3v) is 6.74. The van der Waals surface area contributed by atoms with Crippen molar-refractivity contribution in [1.82, 2.24) is 0 Å². The molecule has 0 aliphatic carbocycles. The number of ketones is 1. The Morgan fingerprint density at radius 3 is 2.36 bits per heavy atom. The van der Waals surface area contributed by atoms with Crippen LogP contribution in [0.2, 0.25) is 10.0 Å². The van der Waals surface area contributed by atoms with Crippen molar-refractivity contribution in [2.75, 3.05) is 19.1 Å². The van der Waals surface area contributed by atoms with Gasteiger partial charge in [-0.25, -0.2) is 0 Å². The zero-order valence-corrected chi connectivity index (χ0v) is 19.7. The Bertz CT molecular complexity index is 1290. The predicted octanol–water partition coefficient (Wildman–Crippen LogP) is 5.40. The maximum Gasteiger partial charge on any atom is 0.300 e. The minimum atomic E-state index is -0.998. The van der Waals surface area contributed by atoms with E-state index in [4.69, 9.17) is 32.7 Å². The molecule has 2 aromatic carbocycles. The molecule has 2 N–H and O–H groups in total. The fourth-order valence-electron chi connectivity index (χ4n) is 3.76. The second kappa shape index (κ2) is 8.97. The van der Waals surface area contributed by atoms with Crippen LogP contribution in [0.1, 0.15) is 16.5 Å². The van der Waals surface area contributed by atoms with Crippen LogP contribution in [0.15, 0.2) is 53.4 Å². The van der Waals surface area contributed by atoms with Crippen molar-refractivity contribution in [3.8, 4) is 17.2 Å². The molecule has 3 aromatic rings. The zero-order valence-electron chi connectivity index (χ0n) is 17.3. The van der Waals surface area contributed by atoms with Gasteiger partial charge in [0.2, 0.25) is 0 Å². The van der Waals surface area contributed by atoms with E-state index in [0.29, 0.717) is 4.88 Å². The highest BCUT2D eigenvalue weighted by Gasteiger charge is 2.48. The fraction of sp³-hybridized carbons (Fsp3) is 0.130. The highest BCUT2D eigenvalue weighted by Crippen LogP contribution is 2.49. The van der Waals surface area contributed by atoms with Gasteiger partial charge in [0.15, 0.2) is 11.5 Å². The molecule has 0 spiro atoms. The Kier molecular flexibility index (Phi) is 6.25. The largest absolute Gasteiger partial charge is 0.507 e. The van der Waals surface area contributed by atoms with E-state index >= 15 is 0 Å². The third kappa shape index (κ3) is 3.70. The van der Waals surface area contributed by atoms with E-state index in [-0.39, 0.29) is 44.1 Å². The van der Waals surface area contributed by atoms with Crippen molar-refractivity contribution in [3.05, 3.63) is 73.9 Å². The highest BCUT2D eigenvalue weighted by molar-refractivity contribution is 7.10. The molecule has 1 amide bonds. The second-order valence-electron chi connectivity index (χ2n) is 6.96. The number of rotatable bonds is 5. The average molecular weight is 506 g/mol. The lowest BCUT2D eigenvalue weighted by Gasteiger charge is -2.25. The minimum Gasteiger partial charge on any atom is -0.507 e. The summed E-state index contributed by atoms with van der Waals surface area (Å²) in [4.78, 5) is 28.1. The lowest BCUT2D eigenvalue weighted by molar-refractivity contribution is -0.132. The smallest absolute Gasteiger partial charge is 0.300 e. The van der Waals surface area contributed by atoms with Crippen LogP contribution < -0.4 is 14.4 Å². The quantitative estimate of drug-likeness (QED) is 0.273. The number of Topliss-reactive ketones (excluding diaryl/α,β-unsaturated/α-hetero) is 1. The predicted molar refractivity (Wildman–Crippen MR) is 127 cm³/mol. The van der Waals surface area contributed by atoms with E-state index in [1.807, 2.05) is 0 Å². The molecule has 0 bridgehead atoms. The van der Waals surface area contributed by atoms with Crippen LogP contribution in [0.3, 0.4) is 0 Å². The molecule has 0 saturated carbocycles. The number of hydrogen-bond acceptors (Lipinski definition) is 7. The summed E-state index contributed by atoms with van der Waals surface area (Å²) in [5.74, 6) is -2.38. The molecular formula is C23H17Cl2NO6S. The molecular weight excluding hydrogens is 489 g/mol. The van der Waals surface area contributed by atoms with Crippen molar-refractivity contribution in [3.63, 3.8) is 0 Å². The highest BCUT2D eigenvalue weighted by atomic mass is 35.5. The third-order valence-electron chi connectivity index (χ3n) is 5.19. The summed E-state index contributed by atoms with van der Waals surface area (Å²) < 4.78 is 10.5. The van der Waals surface area contributed by atoms with E-state index < -0.39 is 23.5 Å². The normalized spacial score (nSPS) is 17.5. The first kappa shape index (κ1) is 23.0. The summed E-state index contributed by atoms with van der Waals surface area (Å²) >= 11 is 13.9. The Morgan fingerprint density at radius 1 is 1.06 bits per heavy atom. The lowest BCUT2D eigenvalue weighted by Crippen LogP contribution is -2.29. The molecule has 4 rings (SSSR count). The first-order chi connectivity index (χ1) is 15.8. The first-order valence-electron chi connectivity index (χ1n) is 9.54. The van der Waals surface area contributed by atoms with Gasteiger partial charge in [-0.15, -0.1) is 11.3 Å². The average Bonchev–Trinajstić information content (AvgIpc) is 3.41. The number of hydrogen-bond donors (Lipinski definition) is 2. The number of methoxy groups -OCH3 is 2. The number of halogens is 2. The Morgan fingerprint density at radius 2 is 1.76 bits per heavy atom. The molecule has 10 heteroatoms. The molecule has 1 atom stereocenters. The van der Waals surface area contributed by atoms with Gasteiger partial charge in [0, 0.05) is 4.88 Å². The van der Waals surface area contributed by atoms with Gasteiger partial charge in [0.25, 0.3) is 11.7 Å². The standard InChI is InChI=1S/C23H17Cl2NO6S/c1-31-21-11(10-12(24)22(32-2)17(21)25)19(28)16-18(15-8-5-9-33-15)26(23(30)20(16)29)13-6-3-4-7-14(13)27/h3-10,18,27-28H,1-2H3/b19-16-. The van der Waals surface area contributed by atoms with Gasteiger partial charge in [0.05, 0.1) is 36.1 Å². The minimum absolute atomic E-state index is 0.00310. The van der Waals surface area contributed by atoms with Gasteiger partial charge in [-0.1, -0.05) is 41.4 Å². The Labute approximate surface area is 203 Å². The number of aliphatic hydroxyl groups excluding tert-OH is 1. The van der Waals surface area contributed by atoms with E-state index in [0.717, 1.165) is 4.90 Å². The van der Waals surface area contributed by atoms with Crippen LogP contribution in [0.25, 0.3) is 5.76 Å². The van der Waals surface area contributed by atoms with Crippen LogP contribution in [-0.2, 0) is 9.59 Å². The van der Waals surface area contributed by atoms with Crippen molar-refractivity contribution in [1.29, 1.82) is 0 Å². The molecule has 1 aliphatic heterocycles. The maximum atomic E-state index is 13.2. The number of thiophene rings is 1. The number of carbonyl (C=O) groups is 2. The number of aliphatic hydroxyl groups is 1. The summed E-state index contributed by atoms with van der Waals surface area (Å²) in [7, 11) is 2.71. The summed E-state index contributed by atoms with van der Waals surface area (Å²) in [6.07, 6.45) is 0. The number of anilines is 1. The molecule has 1 unspecified atom stereocenters. The maximum absolute atomic E-state index is 13.2. The summed E-state index contributed by atoms with van der Waals surface area (Å²) in [5.41, 5.74) is -0.0405. The number of para-hydroxylation sites is 2. The second-order valence-corrected chi connectivity index (χ2v) is 8.72. The van der Waals surface area contributed by atoms with Crippen LogP contribution in [-0.4, -0.2) is 36.1 Å².